The third kappa shape index (κ3) is 8.01. The number of hydrogen-bond donors (Lipinski definition) is 2. The molecule has 0 spiro atoms. The number of nitrogens with one attached hydrogen (secondary N) is 2. The van der Waals surface area contributed by atoms with Crippen molar-refractivity contribution in [3.05, 3.63) is 116 Å². The second kappa shape index (κ2) is 15.7. The first-order chi connectivity index (χ1) is 26.4. The van der Waals surface area contributed by atoms with Gasteiger partial charge in [0.15, 0.2) is 11.6 Å². The number of anilines is 2. The topological polar surface area (TPSA) is 138 Å². The van der Waals surface area contributed by atoms with Crippen molar-refractivity contribution >= 4 is 72.7 Å². The van der Waals surface area contributed by atoms with Gasteiger partial charge in [-0.2, -0.15) is 10.2 Å². The minimum absolute atomic E-state index is 0.0365. The number of aromatic nitrogens is 5. The van der Waals surface area contributed by atoms with E-state index >= 15 is 0 Å². The number of aryl methyl sites for hydroxylation is 4. The van der Waals surface area contributed by atoms with Crippen molar-refractivity contribution < 1.29 is 18.7 Å². The summed E-state index contributed by atoms with van der Waals surface area (Å²) in [4.78, 5) is 41.8. The van der Waals surface area contributed by atoms with Crippen LogP contribution in [-0.4, -0.2) is 82.3 Å². The molecule has 2 fully saturated rings. The maximum Gasteiger partial charge on any atom is 0.251 e. The second-order valence-electron chi connectivity index (χ2n) is 13.7. The lowest BCUT2D eigenvalue weighted by Gasteiger charge is -2.41. The van der Waals surface area contributed by atoms with Gasteiger partial charge in [0.05, 0.1) is 57.3 Å². The van der Waals surface area contributed by atoms with Crippen LogP contribution in [-0.2, 0) is 0 Å². The van der Waals surface area contributed by atoms with Gasteiger partial charge in [0.2, 0.25) is 5.88 Å². The Labute approximate surface area is 330 Å². The Balaban J connectivity index is 0.000000169. The van der Waals surface area contributed by atoms with Gasteiger partial charge in [0.25, 0.3) is 11.8 Å². The predicted octanol–water partition coefficient (Wildman–Crippen LogP) is 6.69. The standard InChI is InChI=1S/C20H18BrFN4O.C20H20ClN5O2/c1-11-7-12(2)24-17-4-3-13(8-15(11)17)20(27)25-14-9-26(10-14)19-18(22)16(21)5-6-23-19;1-11-12(2)24-25-17-5-4-13(6-15(11)17)20(27)23-14-9-26(10-14)18-7-19(28-3)22-8-16(18)21/h3-8,14H,9-10H2,1-2H3,(H,25,27);4-8,14H,9-10H2,1-3H3,(H,23,27). The van der Waals surface area contributed by atoms with Gasteiger partial charge in [-0.05, 0) is 103 Å². The number of halogens is 3. The average Bonchev–Trinajstić information content (AvgIpc) is 3.14. The highest BCUT2D eigenvalue weighted by atomic mass is 79.9. The minimum atomic E-state index is -0.380. The van der Waals surface area contributed by atoms with E-state index in [4.69, 9.17) is 16.3 Å². The lowest BCUT2D eigenvalue weighted by molar-refractivity contribution is 0.0921. The van der Waals surface area contributed by atoms with Gasteiger partial charge < -0.3 is 25.2 Å². The van der Waals surface area contributed by atoms with Crippen LogP contribution in [0.15, 0.2) is 71.5 Å². The molecule has 2 aliphatic heterocycles. The monoisotopic (exact) mass is 825 g/mol. The van der Waals surface area contributed by atoms with Crippen molar-refractivity contribution in [2.24, 2.45) is 0 Å². The minimum Gasteiger partial charge on any atom is -0.481 e. The van der Waals surface area contributed by atoms with E-state index in [1.54, 1.807) is 43.8 Å². The fraction of sp³-hybridized carbons (Fsp3) is 0.275. The number of carbonyl (C=O) groups excluding carboxylic acids is 2. The third-order valence-corrected chi connectivity index (χ3v) is 10.7. The van der Waals surface area contributed by atoms with Crippen molar-refractivity contribution in [1.82, 2.24) is 35.8 Å². The van der Waals surface area contributed by atoms with Gasteiger partial charge in [-0.1, -0.05) is 11.6 Å². The molecule has 12 nitrogen and oxygen atoms in total. The van der Waals surface area contributed by atoms with Crippen LogP contribution >= 0.6 is 27.5 Å². The molecule has 0 bridgehead atoms. The zero-order valence-corrected chi connectivity index (χ0v) is 33.2. The van der Waals surface area contributed by atoms with E-state index in [1.807, 2.05) is 62.9 Å². The van der Waals surface area contributed by atoms with E-state index in [2.05, 4.69) is 56.6 Å². The third-order valence-electron chi connectivity index (χ3n) is 9.84. The van der Waals surface area contributed by atoms with Gasteiger partial charge in [0.1, 0.15) is 0 Å². The Hall–Kier alpha value is -5.47. The Bertz CT molecular complexity index is 2460. The summed E-state index contributed by atoms with van der Waals surface area (Å²) in [5, 5.41) is 16.9. The van der Waals surface area contributed by atoms with Gasteiger partial charge in [-0.25, -0.2) is 14.4 Å². The number of hydrogen-bond acceptors (Lipinski definition) is 10. The summed E-state index contributed by atoms with van der Waals surface area (Å²) < 4.78 is 19.6. The molecular formula is C40H38BrClFN9O3. The summed E-state index contributed by atoms with van der Waals surface area (Å²) in [5.74, 6) is 0.201. The van der Waals surface area contributed by atoms with Gasteiger partial charge >= 0.3 is 0 Å². The largest absolute Gasteiger partial charge is 0.481 e. The number of ether oxygens (including phenoxy) is 1. The molecule has 55 heavy (non-hydrogen) atoms. The molecule has 282 valence electrons. The molecule has 2 N–H and O–H groups in total. The quantitative estimate of drug-likeness (QED) is 0.179. The fourth-order valence-corrected chi connectivity index (χ4v) is 7.13. The van der Waals surface area contributed by atoms with E-state index in [1.165, 1.54) is 0 Å². The zero-order valence-electron chi connectivity index (χ0n) is 30.8. The Morgan fingerprint density at radius 1 is 0.836 bits per heavy atom. The Morgan fingerprint density at radius 3 is 2.15 bits per heavy atom. The number of fused-ring (bicyclic) bond motifs is 2. The van der Waals surface area contributed by atoms with Crippen molar-refractivity contribution in [2.45, 2.75) is 39.8 Å². The van der Waals surface area contributed by atoms with Crippen LogP contribution in [0, 0.1) is 33.5 Å². The first-order valence-corrected chi connectivity index (χ1v) is 18.8. The molecule has 0 atom stereocenters. The van der Waals surface area contributed by atoms with Gasteiger partial charge in [-0.3, -0.25) is 14.6 Å². The van der Waals surface area contributed by atoms with E-state index in [9.17, 15) is 14.0 Å². The van der Waals surface area contributed by atoms with Gasteiger partial charge in [0, 0.05) is 66.0 Å². The van der Waals surface area contributed by atoms with E-state index < -0.39 is 0 Å². The molecule has 0 aliphatic carbocycles. The number of amides is 2. The van der Waals surface area contributed by atoms with Crippen molar-refractivity contribution in [2.75, 3.05) is 43.1 Å². The molecule has 6 aromatic rings. The number of carbonyl (C=O) groups is 2. The highest BCUT2D eigenvalue weighted by Crippen LogP contribution is 2.32. The first-order valence-electron chi connectivity index (χ1n) is 17.6. The van der Waals surface area contributed by atoms with Gasteiger partial charge in [-0.15, -0.1) is 0 Å². The first kappa shape index (κ1) is 37.8. The predicted molar refractivity (Wildman–Crippen MR) is 215 cm³/mol. The lowest BCUT2D eigenvalue weighted by Crippen LogP contribution is -2.60. The van der Waals surface area contributed by atoms with E-state index in [-0.39, 0.29) is 29.7 Å². The molecule has 2 saturated heterocycles. The smallest absolute Gasteiger partial charge is 0.251 e. The van der Waals surface area contributed by atoms with Crippen LogP contribution in [0.5, 0.6) is 5.88 Å². The number of rotatable bonds is 7. The zero-order chi connectivity index (χ0) is 39.0. The number of pyridine rings is 3. The SMILES string of the molecule is COc1cc(N2CC(NC(=O)c3ccc4nnc(C)c(C)c4c3)C2)c(Cl)cn1.Cc1cc(C)c2cc(C(=O)NC3CN(c4nccc(Br)c4F)C3)ccc2n1. The molecule has 6 heterocycles. The number of methoxy groups -OCH3 is 1. The summed E-state index contributed by atoms with van der Waals surface area (Å²) in [6.45, 7) is 10.3. The molecule has 0 saturated carbocycles. The number of benzene rings is 2. The lowest BCUT2D eigenvalue weighted by atomic mass is 10.0. The molecule has 2 aliphatic rings. The maximum atomic E-state index is 14.1. The summed E-state index contributed by atoms with van der Waals surface area (Å²) in [6, 6.07) is 16.4. The molecule has 8 rings (SSSR count). The highest BCUT2D eigenvalue weighted by molar-refractivity contribution is 9.10. The summed E-state index contributed by atoms with van der Waals surface area (Å²) >= 11 is 9.40. The van der Waals surface area contributed by atoms with Crippen molar-refractivity contribution in [3.8, 4) is 5.88 Å². The van der Waals surface area contributed by atoms with Crippen LogP contribution in [0.3, 0.4) is 0 Å². The molecule has 0 unspecified atom stereocenters. The molecule has 4 aromatic heterocycles. The normalized spacial score (nSPS) is 14.2. The Kier molecular flexibility index (Phi) is 10.8. The van der Waals surface area contributed by atoms with Crippen LogP contribution in [0.25, 0.3) is 21.8 Å². The summed E-state index contributed by atoms with van der Waals surface area (Å²) in [6.07, 6.45) is 3.13. The van der Waals surface area contributed by atoms with Crippen LogP contribution < -0.4 is 25.2 Å². The molecule has 2 amide bonds. The van der Waals surface area contributed by atoms with Crippen LogP contribution in [0.4, 0.5) is 15.9 Å². The van der Waals surface area contributed by atoms with Crippen LogP contribution in [0.1, 0.15) is 43.2 Å². The highest BCUT2D eigenvalue weighted by Gasteiger charge is 2.32. The number of nitrogens with zero attached hydrogens (tertiary/aromatic N) is 7. The Morgan fingerprint density at radius 2 is 1.47 bits per heavy atom. The second-order valence-corrected chi connectivity index (χ2v) is 15.0. The van der Waals surface area contributed by atoms with Crippen molar-refractivity contribution in [3.63, 3.8) is 0 Å². The molecule has 2 aromatic carbocycles. The van der Waals surface area contributed by atoms with E-state index in [0.29, 0.717) is 58.5 Å². The van der Waals surface area contributed by atoms with E-state index in [0.717, 1.165) is 50.0 Å². The summed E-state index contributed by atoms with van der Waals surface area (Å²) in [7, 11) is 1.57. The maximum absolute atomic E-state index is 14.1. The van der Waals surface area contributed by atoms with Crippen LogP contribution in [0.2, 0.25) is 5.02 Å². The van der Waals surface area contributed by atoms with Crippen molar-refractivity contribution in [1.29, 1.82) is 0 Å². The fourth-order valence-electron chi connectivity index (χ4n) is 6.61. The molecule has 15 heteroatoms. The average molecular weight is 827 g/mol. The summed E-state index contributed by atoms with van der Waals surface area (Å²) in [5.41, 5.74) is 7.70. The molecule has 0 radical (unpaired) electrons. The molecular weight excluding hydrogens is 789 g/mol.